The molecule has 0 aliphatic carbocycles. The molecule has 0 saturated heterocycles. The number of likely N-dealkylation sites (N-methyl/N-ethyl adjacent to an activating group) is 1. The van der Waals surface area contributed by atoms with E-state index < -0.39 is 0 Å². The summed E-state index contributed by atoms with van der Waals surface area (Å²) < 4.78 is 5.95. The topological polar surface area (TPSA) is 28.3 Å². The van der Waals surface area contributed by atoms with Gasteiger partial charge in [0.15, 0.2) is 0 Å². The number of nitrogens with zero attached hydrogens (tertiary/aromatic N) is 1. The molecule has 0 spiro atoms. The molecule has 1 atom stereocenters. The Morgan fingerprint density at radius 1 is 1.11 bits per heavy atom. The minimum Gasteiger partial charge on any atom is -0.488 e. The quantitative estimate of drug-likeness (QED) is 0.622. The minimum atomic E-state index is -0.157. The van der Waals surface area contributed by atoms with E-state index in [1.54, 1.807) is 0 Å². The summed E-state index contributed by atoms with van der Waals surface area (Å²) in [7, 11) is 2.27. The highest BCUT2D eigenvalue weighted by Gasteiger charge is 2.28. The molecule has 1 aliphatic heterocycles. The molecule has 3 heteroatoms. The molecule has 1 N–H and O–H groups in total. The van der Waals surface area contributed by atoms with Crippen molar-refractivity contribution in [1.82, 2.24) is 9.88 Å². The Morgan fingerprint density at radius 3 is 2.57 bits per heavy atom. The normalized spacial score (nSPS) is 17.7. The number of H-pyrrole nitrogens is 1. The number of hydrogen-bond acceptors (Lipinski definition) is 2. The standard InChI is InChI=1S/C25H32N2O/c1-17-6-12-21-20(16-17)24-22(26-21)14-15-27(5)23(24)13-9-18-7-10-19(11-8-18)28-25(2,3)4/h6-8,10-12,16,23,26H,9,13-15H2,1-5H3. The van der Waals surface area contributed by atoms with Crippen molar-refractivity contribution in [3.8, 4) is 5.75 Å². The lowest BCUT2D eigenvalue weighted by Crippen LogP contribution is -2.32. The number of aromatic nitrogens is 1. The largest absolute Gasteiger partial charge is 0.488 e. The highest BCUT2D eigenvalue weighted by molar-refractivity contribution is 5.86. The van der Waals surface area contributed by atoms with Gasteiger partial charge in [0.2, 0.25) is 0 Å². The maximum Gasteiger partial charge on any atom is 0.120 e. The molecule has 148 valence electrons. The van der Waals surface area contributed by atoms with Crippen molar-refractivity contribution in [3.63, 3.8) is 0 Å². The molecule has 1 aliphatic rings. The number of rotatable bonds is 4. The van der Waals surface area contributed by atoms with E-state index in [0.717, 1.165) is 31.6 Å². The van der Waals surface area contributed by atoms with E-state index in [-0.39, 0.29) is 5.60 Å². The van der Waals surface area contributed by atoms with Gasteiger partial charge in [0.25, 0.3) is 0 Å². The third-order valence-corrected chi connectivity index (χ3v) is 5.71. The van der Waals surface area contributed by atoms with Gasteiger partial charge in [0, 0.05) is 35.6 Å². The first-order valence-electron chi connectivity index (χ1n) is 10.4. The molecule has 0 saturated carbocycles. The van der Waals surface area contributed by atoms with Crippen LogP contribution in [0.4, 0.5) is 0 Å². The van der Waals surface area contributed by atoms with Crippen molar-refractivity contribution in [2.24, 2.45) is 0 Å². The third kappa shape index (κ3) is 3.95. The molecule has 0 radical (unpaired) electrons. The molecular weight excluding hydrogens is 344 g/mol. The zero-order chi connectivity index (χ0) is 19.9. The van der Waals surface area contributed by atoms with Crippen LogP contribution in [0.25, 0.3) is 10.9 Å². The maximum absolute atomic E-state index is 5.95. The van der Waals surface area contributed by atoms with Crippen LogP contribution in [0.5, 0.6) is 5.75 Å². The molecule has 4 rings (SSSR count). The molecule has 1 unspecified atom stereocenters. The van der Waals surface area contributed by atoms with Gasteiger partial charge in [-0.05, 0) is 83.0 Å². The Hall–Kier alpha value is -2.26. The summed E-state index contributed by atoms with van der Waals surface area (Å²) >= 11 is 0. The Labute approximate surface area is 168 Å². The summed E-state index contributed by atoms with van der Waals surface area (Å²) in [6.07, 6.45) is 3.31. The van der Waals surface area contributed by atoms with Gasteiger partial charge in [0.1, 0.15) is 11.4 Å². The number of nitrogens with one attached hydrogen (secondary N) is 1. The van der Waals surface area contributed by atoms with Gasteiger partial charge in [-0.25, -0.2) is 0 Å². The number of benzene rings is 2. The fraction of sp³-hybridized carbons (Fsp3) is 0.440. The summed E-state index contributed by atoms with van der Waals surface area (Å²) in [5.74, 6) is 0.945. The van der Waals surface area contributed by atoms with Gasteiger partial charge in [-0.15, -0.1) is 0 Å². The zero-order valence-electron chi connectivity index (χ0n) is 17.8. The number of hydrogen-bond donors (Lipinski definition) is 1. The Kier molecular flexibility index (Phi) is 4.96. The molecule has 28 heavy (non-hydrogen) atoms. The Balaban J connectivity index is 1.54. The zero-order valence-corrected chi connectivity index (χ0v) is 17.8. The van der Waals surface area contributed by atoms with Crippen molar-refractivity contribution in [3.05, 3.63) is 64.8 Å². The summed E-state index contributed by atoms with van der Waals surface area (Å²) in [5.41, 5.74) is 6.77. The van der Waals surface area contributed by atoms with Crippen molar-refractivity contribution >= 4 is 10.9 Å². The lowest BCUT2D eigenvalue weighted by atomic mass is 9.91. The monoisotopic (exact) mass is 376 g/mol. The van der Waals surface area contributed by atoms with Crippen LogP contribution in [0.1, 0.15) is 55.6 Å². The fourth-order valence-electron chi connectivity index (χ4n) is 4.37. The number of aromatic amines is 1. The second-order valence-electron chi connectivity index (χ2n) is 9.21. The van der Waals surface area contributed by atoms with Crippen molar-refractivity contribution < 1.29 is 4.74 Å². The third-order valence-electron chi connectivity index (χ3n) is 5.71. The predicted octanol–water partition coefficient (Wildman–Crippen LogP) is 5.82. The van der Waals surface area contributed by atoms with Crippen LogP contribution in [-0.2, 0) is 12.8 Å². The summed E-state index contributed by atoms with van der Waals surface area (Å²) in [6, 6.07) is 15.9. The van der Waals surface area contributed by atoms with E-state index in [9.17, 15) is 0 Å². The van der Waals surface area contributed by atoms with Crippen LogP contribution in [0, 0.1) is 6.92 Å². The van der Waals surface area contributed by atoms with Gasteiger partial charge in [-0.2, -0.15) is 0 Å². The highest BCUT2D eigenvalue weighted by atomic mass is 16.5. The molecule has 2 heterocycles. The Bertz CT molecular complexity index is 963. The lowest BCUT2D eigenvalue weighted by Gasteiger charge is -2.33. The Morgan fingerprint density at radius 2 is 1.86 bits per heavy atom. The van der Waals surface area contributed by atoms with E-state index >= 15 is 0 Å². The highest BCUT2D eigenvalue weighted by Crippen LogP contribution is 2.38. The van der Waals surface area contributed by atoms with E-state index in [1.807, 2.05) is 0 Å². The lowest BCUT2D eigenvalue weighted by molar-refractivity contribution is 0.131. The average Bonchev–Trinajstić information content (AvgIpc) is 2.99. The first-order chi connectivity index (χ1) is 13.3. The molecule has 2 aromatic carbocycles. The molecule has 0 bridgehead atoms. The predicted molar refractivity (Wildman–Crippen MR) is 117 cm³/mol. The van der Waals surface area contributed by atoms with E-state index in [2.05, 4.69) is 87.1 Å². The number of fused-ring (bicyclic) bond motifs is 3. The maximum atomic E-state index is 5.95. The van der Waals surface area contributed by atoms with Crippen LogP contribution >= 0.6 is 0 Å². The smallest absolute Gasteiger partial charge is 0.120 e. The second kappa shape index (κ2) is 7.29. The molecule has 3 nitrogen and oxygen atoms in total. The van der Waals surface area contributed by atoms with Crippen molar-refractivity contribution in [1.29, 1.82) is 0 Å². The summed E-state index contributed by atoms with van der Waals surface area (Å²) in [4.78, 5) is 6.20. The summed E-state index contributed by atoms with van der Waals surface area (Å²) in [6.45, 7) is 9.55. The van der Waals surface area contributed by atoms with Gasteiger partial charge in [-0.1, -0.05) is 23.8 Å². The van der Waals surface area contributed by atoms with Gasteiger partial charge < -0.3 is 9.72 Å². The number of aryl methyl sites for hydroxylation is 2. The van der Waals surface area contributed by atoms with Crippen LogP contribution < -0.4 is 4.74 Å². The van der Waals surface area contributed by atoms with E-state index in [1.165, 1.54) is 33.3 Å². The van der Waals surface area contributed by atoms with Crippen molar-refractivity contribution in [2.45, 2.75) is 58.6 Å². The van der Waals surface area contributed by atoms with Crippen LogP contribution in [-0.4, -0.2) is 29.1 Å². The van der Waals surface area contributed by atoms with Crippen molar-refractivity contribution in [2.75, 3.05) is 13.6 Å². The molecule has 0 fully saturated rings. The first kappa shape index (κ1) is 19.1. The van der Waals surface area contributed by atoms with Crippen LogP contribution in [0.3, 0.4) is 0 Å². The first-order valence-corrected chi connectivity index (χ1v) is 10.4. The molecule has 3 aromatic rings. The van der Waals surface area contributed by atoms with Crippen LogP contribution in [0.15, 0.2) is 42.5 Å². The van der Waals surface area contributed by atoms with E-state index in [0.29, 0.717) is 6.04 Å². The van der Waals surface area contributed by atoms with E-state index in [4.69, 9.17) is 4.74 Å². The summed E-state index contributed by atoms with van der Waals surface area (Å²) in [5, 5.41) is 1.40. The molecular formula is C25H32N2O. The minimum absolute atomic E-state index is 0.157. The van der Waals surface area contributed by atoms with Gasteiger partial charge >= 0.3 is 0 Å². The molecule has 0 amide bonds. The van der Waals surface area contributed by atoms with Crippen LogP contribution in [0.2, 0.25) is 0 Å². The SMILES string of the molecule is Cc1ccc2[nH]c3c(c2c1)C(CCc1ccc(OC(C)(C)C)cc1)N(C)CC3. The van der Waals surface area contributed by atoms with Gasteiger partial charge in [-0.3, -0.25) is 4.90 Å². The number of ether oxygens (including phenoxy) is 1. The fourth-order valence-corrected chi connectivity index (χ4v) is 4.37. The second-order valence-corrected chi connectivity index (χ2v) is 9.21. The molecule has 1 aromatic heterocycles. The average molecular weight is 377 g/mol. The van der Waals surface area contributed by atoms with Gasteiger partial charge in [0.05, 0.1) is 0 Å².